The Kier molecular flexibility index (Phi) is 5.53. The summed E-state index contributed by atoms with van der Waals surface area (Å²) in [4.78, 5) is 0. The Morgan fingerprint density at radius 1 is 1.10 bits per heavy atom. The summed E-state index contributed by atoms with van der Waals surface area (Å²) >= 11 is 1.68. The van der Waals surface area contributed by atoms with Crippen LogP contribution in [0.4, 0.5) is 5.13 Å². The standard InChI is InChI=1S/C16H23N3S/c1-12(2)11-15-18-19-16(20-15)17-10-9-13(3)14-7-5-4-6-8-14/h4-8,12-13H,9-11H2,1-3H3,(H,17,19). The molecule has 2 rings (SSSR count). The minimum atomic E-state index is 0.562. The van der Waals surface area contributed by atoms with Gasteiger partial charge in [0, 0.05) is 13.0 Å². The van der Waals surface area contributed by atoms with Crippen molar-refractivity contribution in [2.45, 2.75) is 39.5 Å². The van der Waals surface area contributed by atoms with Crippen molar-refractivity contribution in [3.63, 3.8) is 0 Å². The molecule has 0 fully saturated rings. The largest absolute Gasteiger partial charge is 0.360 e. The van der Waals surface area contributed by atoms with Gasteiger partial charge in [-0.05, 0) is 23.8 Å². The molecule has 1 atom stereocenters. The van der Waals surface area contributed by atoms with E-state index in [2.05, 4.69) is 66.6 Å². The van der Waals surface area contributed by atoms with Crippen molar-refractivity contribution < 1.29 is 0 Å². The van der Waals surface area contributed by atoms with Gasteiger partial charge in [-0.3, -0.25) is 0 Å². The van der Waals surface area contributed by atoms with Crippen LogP contribution in [0.2, 0.25) is 0 Å². The summed E-state index contributed by atoms with van der Waals surface area (Å²) in [7, 11) is 0. The summed E-state index contributed by atoms with van der Waals surface area (Å²) < 4.78 is 0. The first kappa shape index (κ1) is 15.0. The van der Waals surface area contributed by atoms with Crippen LogP contribution in [0.25, 0.3) is 0 Å². The predicted molar refractivity (Wildman–Crippen MR) is 86.4 cm³/mol. The van der Waals surface area contributed by atoms with Crippen LogP contribution in [0.15, 0.2) is 30.3 Å². The van der Waals surface area contributed by atoms with E-state index < -0.39 is 0 Å². The van der Waals surface area contributed by atoms with Crippen LogP contribution in [0.3, 0.4) is 0 Å². The molecule has 108 valence electrons. The number of hydrogen-bond acceptors (Lipinski definition) is 4. The van der Waals surface area contributed by atoms with Gasteiger partial charge in [-0.15, -0.1) is 10.2 Å². The third-order valence-electron chi connectivity index (χ3n) is 3.27. The Labute approximate surface area is 125 Å². The van der Waals surface area contributed by atoms with Crippen LogP contribution in [0, 0.1) is 5.92 Å². The van der Waals surface area contributed by atoms with Gasteiger partial charge in [-0.1, -0.05) is 62.4 Å². The first-order chi connectivity index (χ1) is 9.65. The maximum absolute atomic E-state index is 4.22. The molecule has 1 aromatic carbocycles. The molecular weight excluding hydrogens is 266 g/mol. The molecule has 0 radical (unpaired) electrons. The van der Waals surface area contributed by atoms with E-state index in [4.69, 9.17) is 0 Å². The van der Waals surface area contributed by atoms with Crippen LogP contribution in [0.5, 0.6) is 0 Å². The fourth-order valence-corrected chi connectivity index (χ4v) is 3.08. The van der Waals surface area contributed by atoms with Gasteiger partial charge in [0.05, 0.1) is 0 Å². The number of nitrogens with one attached hydrogen (secondary N) is 1. The zero-order valence-electron chi connectivity index (χ0n) is 12.5. The molecular formula is C16H23N3S. The summed E-state index contributed by atoms with van der Waals surface area (Å²) in [5, 5.41) is 13.9. The number of nitrogens with zero attached hydrogens (tertiary/aromatic N) is 2. The molecule has 4 heteroatoms. The smallest absolute Gasteiger partial charge is 0.205 e. The van der Waals surface area contributed by atoms with Crippen molar-refractivity contribution in [3.8, 4) is 0 Å². The van der Waals surface area contributed by atoms with E-state index in [1.807, 2.05) is 0 Å². The fraction of sp³-hybridized carbons (Fsp3) is 0.500. The molecule has 0 aliphatic heterocycles. The zero-order valence-corrected chi connectivity index (χ0v) is 13.3. The molecule has 1 heterocycles. The third-order valence-corrected chi connectivity index (χ3v) is 4.18. The van der Waals surface area contributed by atoms with E-state index >= 15 is 0 Å². The van der Waals surface area contributed by atoms with Crippen molar-refractivity contribution >= 4 is 16.5 Å². The Bertz CT molecular complexity index is 507. The van der Waals surface area contributed by atoms with Gasteiger partial charge in [0.25, 0.3) is 0 Å². The summed E-state index contributed by atoms with van der Waals surface area (Å²) in [5.74, 6) is 1.20. The minimum Gasteiger partial charge on any atom is -0.360 e. The Balaban J connectivity index is 1.77. The topological polar surface area (TPSA) is 37.8 Å². The lowest BCUT2D eigenvalue weighted by Crippen LogP contribution is -2.05. The van der Waals surface area contributed by atoms with Crippen LogP contribution in [-0.2, 0) is 6.42 Å². The number of rotatable bonds is 7. The van der Waals surface area contributed by atoms with E-state index in [-0.39, 0.29) is 0 Å². The van der Waals surface area contributed by atoms with Crippen molar-refractivity contribution in [1.29, 1.82) is 0 Å². The molecule has 0 aliphatic carbocycles. The normalized spacial score (nSPS) is 12.6. The number of anilines is 1. The van der Waals surface area contributed by atoms with Gasteiger partial charge in [0.1, 0.15) is 5.01 Å². The second-order valence-electron chi connectivity index (χ2n) is 5.63. The van der Waals surface area contributed by atoms with Crippen LogP contribution < -0.4 is 5.32 Å². The lowest BCUT2D eigenvalue weighted by atomic mass is 9.98. The fourth-order valence-electron chi connectivity index (χ4n) is 2.10. The van der Waals surface area contributed by atoms with E-state index in [1.54, 1.807) is 11.3 Å². The summed E-state index contributed by atoms with van der Waals surface area (Å²) in [6, 6.07) is 10.6. The van der Waals surface area contributed by atoms with Crippen molar-refractivity contribution in [1.82, 2.24) is 10.2 Å². The highest BCUT2D eigenvalue weighted by molar-refractivity contribution is 7.15. The summed E-state index contributed by atoms with van der Waals surface area (Å²) in [6.45, 7) is 7.61. The van der Waals surface area contributed by atoms with Crippen LogP contribution in [-0.4, -0.2) is 16.7 Å². The molecule has 0 bridgehead atoms. The molecule has 1 aromatic heterocycles. The summed E-state index contributed by atoms with van der Waals surface area (Å²) in [5.41, 5.74) is 1.40. The third kappa shape index (κ3) is 4.60. The lowest BCUT2D eigenvalue weighted by molar-refractivity contribution is 0.640. The molecule has 0 saturated carbocycles. The van der Waals surface area contributed by atoms with Gasteiger partial charge < -0.3 is 5.32 Å². The van der Waals surface area contributed by atoms with Gasteiger partial charge in [0.15, 0.2) is 0 Å². The van der Waals surface area contributed by atoms with Gasteiger partial charge in [-0.25, -0.2) is 0 Å². The van der Waals surface area contributed by atoms with Crippen molar-refractivity contribution in [2.24, 2.45) is 5.92 Å². The maximum Gasteiger partial charge on any atom is 0.205 e. The lowest BCUT2D eigenvalue weighted by Gasteiger charge is -2.11. The molecule has 0 spiro atoms. The van der Waals surface area contributed by atoms with Gasteiger partial charge in [-0.2, -0.15) is 0 Å². The number of aromatic nitrogens is 2. The Morgan fingerprint density at radius 2 is 1.85 bits per heavy atom. The van der Waals surface area contributed by atoms with Crippen molar-refractivity contribution in [2.75, 3.05) is 11.9 Å². The summed E-state index contributed by atoms with van der Waals surface area (Å²) in [6.07, 6.45) is 2.11. The highest BCUT2D eigenvalue weighted by Gasteiger charge is 2.07. The molecule has 1 N–H and O–H groups in total. The quantitative estimate of drug-likeness (QED) is 0.824. The Morgan fingerprint density at radius 3 is 2.55 bits per heavy atom. The second kappa shape index (κ2) is 7.39. The molecule has 0 saturated heterocycles. The van der Waals surface area contributed by atoms with E-state index in [1.165, 1.54) is 5.56 Å². The first-order valence-corrected chi connectivity index (χ1v) is 8.08. The van der Waals surface area contributed by atoms with Crippen LogP contribution in [0.1, 0.15) is 43.7 Å². The number of benzene rings is 1. The van der Waals surface area contributed by atoms with Gasteiger partial charge in [0.2, 0.25) is 5.13 Å². The molecule has 2 aromatic rings. The second-order valence-corrected chi connectivity index (χ2v) is 6.69. The predicted octanol–water partition coefficient (Wildman–Crippen LogP) is 4.34. The van der Waals surface area contributed by atoms with Crippen LogP contribution >= 0.6 is 11.3 Å². The van der Waals surface area contributed by atoms with E-state index in [0.717, 1.165) is 29.5 Å². The highest BCUT2D eigenvalue weighted by Crippen LogP contribution is 2.21. The monoisotopic (exact) mass is 289 g/mol. The Hall–Kier alpha value is -1.42. The zero-order chi connectivity index (χ0) is 14.4. The molecule has 3 nitrogen and oxygen atoms in total. The molecule has 20 heavy (non-hydrogen) atoms. The molecule has 0 aliphatic rings. The average Bonchev–Trinajstić information content (AvgIpc) is 2.86. The maximum atomic E-state index is 4.22. The van der Waals surface area contributed by atoms with Crippen molar-refractivity contribution in [3.05, 3.63) is 40.9 Å². The van der Waals surface area contributed by atoms with E-state index in [9.17, 15) is 0 Å². The minimum absolute atomic E-state index is 0.562. The average molecular weight is 289 g/mol. The first-order valence-electron chi connectivity index (χ1n) is 7.26. The molecule has 0 amide bonds. The van der Waals surface area contributed by atoms with E-state index in [0.29, 0.717) is 11.8 Å². The highest BCUT2D eigenvalue weighted by atomic mass is 32.1. The SMILES string of the molecule is CC(C)Cc1nnc(NCCC(C)c2ccccc2)s1. The molecule has 1 unspecified atom stereocenters. The van der Waals surface area contributed by atoms with Gasteiger partial charge >= 0.3 is 0 Å². The number of hydrogen-bond donors (Lipinski definition) is 1.